The molecule has 0 bridgehead atoms. The van der Waals surface area contributed by atoms with Gasteiger partial charge in [-0.05, 0) is 59.3 Å². The van der Waals surface area contributed by atoms with Crippen molar-refractivity contribution in [2.24, 2.45) is 0 Å². The largest absolute Gasteiger partial charge is 0.310 e. The van der Waals surface area contributed by atoms with E-state index >= 15 is 0 Å². The third kappa shape index (κ3) is 3.42. The highest BCUT2D eigenvalue weighted by Crippen LogP contribution is 2.27. The van der Waals surface area contributed by atoms with Gasteiger partial charge in [-0.2, -0.15) is 0 Å². The maximum atomic E-state index is 12.4. The van der Waals surface area contributed by atoms with E-state index in [-0.39, 0.29) is 6.04 Å². The van der Waals surface area contributed by atoms with Gasteiger partial charge in [0.15, 0.2) is 0 Å². The van der Waals surface area contributed by atoms with Gasteiger partial charge in [-0.25, -0.2) is 13.1 Å². The zero-order valence-electron chi connectivity index (χ0n) is 11.2. The normalized spacial score (nSPS) is 19.9. The van der Waals surface area contributed by atoms with Crippen LogP contribution in [0.5, 0.6) is 0 Å². The zero-order chi connectivity index (χ0) is 14.2. The highest BCUT2D eigenvalue weighted by atomic mass is 79.9. The number of benzene rings is 1. The summed E-state index contributed by atoms with van der Waals surface area (Å²) in [6.07, 6.45) is 5.45. The minimum Gasteiger partial charge on any atom is -0.310 e. The summed E-state index contributed by atoms with van der Waals surface area (Å²) in [5.41, 5.74) is 1.01. The van der Waals surface area contributed by atoms with Crippen molar-refractivity contribution in [3.05, 3.63) is 28.2 Å². The molecular formula is C14H19BrN2O2S. The topological polar surface area (TPSA) is 58.2 Å². The van der Waals surface area contributed by atoms with E-state index in [2.05, 4.69) is 26.0 Å². The van der Waals surface area contributed by atoms with Crippen molar-refractivity contribution in [2.45, 2.75) is 55.6 Å². The Morgan fingerprint density at radius 1 is 1.15 bits per heavy atom. The van der Waals surface area contributed by atoms with Crippen molar-refractivity contribution in [3.8, 4) is 0 Å². The van der Waals surface area contributed by atoms with Gasteiger partial charge in [0.2, 0.25) is 10.0 Å². The van der Waals surface area contributed by atoms with Crippen LogP contribution in [0.3, 0.4) is 0 Å². The average molecular weight is 359 g/mol. The second-order valence-corrected chi connectivity index (χ2v) is 8.21. The Balaban J connectivity index is 1.76. The van der Waals surface area contributed by atoms with E-state index in [1.54, 1.807) is 6.07 Å². The molecule has 2 saturated carbocycles. The first kappa shape index (κ1) is 14.5. The second kappa shape index (κ2) is 5.75. The van der Waals surface area contributed by atoms with E-state index in [4.69, 9.17) is 0 Å². The molecule has 0 aromatic heterocycles. The highest BCUT2D eigenvalue weighted by molar-refractivity contribution is 9.10. The van der Waals surface area contributed by atoms with Crippen molar-refractivity contribution >= 4 is 26.0 Å². The Labute approximate surface area is 128 Å². The van der Waals surface area contributed by atoms with Crippen molar-refractivity contribution in [1.29, 1.82) is 0 Å². The lowest BCUT2D eigenvalue weighted by Gasteiger charge is -2.26. The number of nitrogens with one attached hydrogen (secondary N) is 2. The van der Waals surface area contributed by atoms with Gasteiger partial charge in [0.1, 0.15) is 0 Å². The fraction of sp³-hybridized carbons (Fsp3) is 0.571. The predicted molar refractivity (Wildman–Crippen MR) is 82.0 cm³/mol. The number of rotatable bonds is 6. The van der Waals surface area contributed by atoms with Gasteiger partial charge >= 0.3 is 0 Å². The minimum atomic E-state index is -3.42. The van der Waals surface area contributed by atoms with E-state index in [0.717, 1.165) is 31.4 Å². The summed E-state index contributed by atoms with van der Waals surface area (Å²) >= 11 is 3.35. The molecular weight excluding hydrogens is 340 g/mol. The first-order chi connectivity index (χ1) is 9.54. The van der Waals surface area contributed by atoms with E-state index in [1.807, 2.05) is 12.1 Å². The Kier molecular flexibility index (Phi) is 4.17. The summed E-state index contributed by atoms with van der Waals surface area (Å²) < 4.78 is 28.2. The molecule has 2 fully saturated rings. The number of hydrogen-bond acceptors (Lipinski definition) is 3. The van der Waals surface area contributed by atoms with E-state index in [0.29, 0.717) is 15.4 Å². The molecule has 2 aliphatic carbocycles. The van der Waals surface area contributed by atoms with Gasteiger partial charge in [-0.15, -0.1) is 0 Å². The molecule has 20 heavy (non-hydrogen) atoms. The summed E-state index contributed by atoms with van der Waals surface area (Å²) in [5.74, 6) is 0. The van der Waals surface area contributed by atoms with Crippen molar-refractivity contribution in [2.75, 3.05) is 0 Å². The summed E-state index contributed by atoms with van der Waals surface area (Å²) in [6.45, 7) is 0.726. The van der Waals surface area contributed by atoms with Gasteiger partial charge < -0.3 is 5.32 Å². The fourth-order valence-corrected chi connectivity index (χ4v) is 4.54. The second-order valence-electron chi connectivity index (χ2n) is 5.67. The lowest BCUT2D eigenvalue weighted by Crippen LogP contribution is -2.39. The van der Waals surface area contributed by atoms with Gasteiger partial charge in [-0.3, -0.25) is 0 Å². The third-order valence-corrected chi connectivity index (χ3v) is 6.40. The maximum Gasteiger partial charge on any atom is 0.241 e. The van der Waals surface area contributed by atoms with Crippen molar-refractivity contribution in [3.63, 3.8) is 0 Å². The molecule has 0 atom stereocenters. The van der Waals surface area contributed by atoms with Crippen LogP contribution in [0.15, 0.2) is 27.6 Å². The van der Waals surface area contributed by atoms with Crippen molar-refractivity contribution < 1.29 is 8.42 Å². The molecule has 0 radical (unpaired) electrons. The lowest BCUT2D eigenvalue weighted by molar-refractivity contribution is 0.383. The molecule has 3 rings (SSSR count). The molecule has 0 saturated heterocycles. The van der Waals surface area contributed by atoms with Crippen molar-refractivity contribution in [1.82, 2.24) is 10.0 Å². The fourth-order valence-electron chi connectivity index (χ4n) is 2.22. The number of halogens is 1. The van der Waals surface area contributed by atoms with E-state index in [1.165, 1.54) is 12.8 Å². The summed E-state index contributed by atoms with van der Waals surface area (Å²) in [5, 5.41) is 3.40. The average Bonchev–Trinajstić information content (AvgIpc) is 3.17. The Hall–Kier alpha value is -0.430. The van der Waals surface area contributed by atoms with E-state index < -0.39 is 10.0 Å². The van der Waals surface area contributed by atoms with Crippen LogP contribution < -0.4 is 10.0 Å². The molecule has 0 unspecified atom stereocenters. The molecule has 0 spiro atoms. The predicted octanol–water partition coefficient (Wildman–Crippen LogP) is 2.53. The maximum absolute atomic E-state index is 12.4. The first-order valence-electron chi connectivity index (χ1n) is 7.09. The smallest absolute Gasteiger partial charge is 0.241 e. The zero-order valence-corrected chi connectivity index (χ0v) is 13.6. The minimum absolute atomic E-state index is 0.111. The first-order valence-corrected chi connectivity index (χ1v) is 9.36. The van der Waals surface area contributed by atoms with Crippen LogP contribution in [0, 0.1) is 0 Å². The van der Waals surface area contributed by atoms with Gasteiger partial charge in [-0.1, -0.05) is 12.5 Å². The highest BCUT2D eigenvalue weighted by Gasteiger charge is 2.26. The van der Waals surface area contributed by atoms with Gasteiger partial charge in [0, 0.05) is 23.1 Å². The summed E-state index contributed by atoms with van der Waals surface area (Å²) in [7, 11) is -3.42. The van der Waals surface area contributed by atoms with Gasteiger partial charge in [0.05, 0.1) is 4.90 Å². The SMILES string of the molecule is O=S(=O)(NC1CCC1)c1cc(CNC2CC2)ccc1Br. The molecule has 2 N–H and O–H groups in total. The molecule has 6 heteroatoms. The molecule has 1 aromatic carbocycles. The molecule has 4 nitrogen and oxygen atoms in total. The quantitative estimate of drug-likeness (QED) is 0.821. The van der Waals surface area contributed by atoms with Crippen LogP contribution in [-0.4, -0.2) is 20.5 Å². The molecule has 2 aliphatic rings. The van der Waals surface area contributed by atoms with Crippen LogP contribution in [0.4, 0.5) is 0 Å². The standard InChI is InChI=1S/C14H19BrN2O2S/c15-13-7-4-10(9-16-11-5-6-11)8-14(13)20(18,19)17-12-2-1-3-12/h4,7-8,11-12,16-17H,1-3,5-6,9H2. The Morgan fingerprint density at radius 2 is 1.90 bits per heavy atom. The molecule has 0 aliphatic heterocycles. The van der Waals surface area contributed by atoms with Crippen LogP contribution in [0.2, 0.25) is 0 Å². The monoisotopic (exact) mass is 358 g/mol. The summed E-state index contributed by atoms with van der Waals surface area (Å²) in [4.78, 5) is 0.347. The lowest BCUT2D eigenvalue weighted by atomic mass is 9.94. The number of hydrogen-bond donors (Lipinski definition) is 2. The number of sulfonamides is 1. The molecule has 110 valence electrons. The van der Waals surface area contributed by atoms with E-state index in [9.17, 15) is 8.42 Å². The van der Waals surface area contributed by atoms with Crippen LogP contribution in [-0.2, 0) is 16.6 Å². The van der Waals surface area contributed by atoms with Crippen LogP contribution >= 0.6 is 15.9 Å². The molecule has 1 aromatic rings. The third-order valence-electron chi connectivity index (χ3n) is 3.88. The molecule has 0 amide bonds. The Morgan fingerprint density at radius 3 is 2.50 bits per heavy atom. The van der Waals surface area contributed by atoms with Crippen LogP contribution in [0.1, 0.15) is 37.7 Å². The Bertz CT molecular complexity index is 595. The summed E-state index contributed by atoms with van der Waals surface area (Å²) in [6, 6.07) is 6.27. The van der Waals surface area contributed by atoms with Crippen LogP contribution in [0.25, 0.3) is 0 Å². The molecule has 0 heterocycles. The van der Waals surface area contributed by atoms with Gasteiger partial charge in [0.25, 0.3) is 0 Å².